The van der Waals surface area contributed by atoms with Crippen molar-refractivity contribution in [1.29, 1.82) is 0 Å². The second-order valence-electron chi connectivity index (χ2n) is 6.26. The zero-order chi connectivity index (χ0) is 18.8. The van der Waals surface area contributed by atoms with Gasteiger partial charge in [-0.15, -0.1) is 0 Å². The van der Waals surface area contributed by atoms with Crippen LogP contribution in [0.1, 0.15) is 22.6 Å². The third-order valence-corrected chi connectivity index (χ3v) is 4.91. The van der Waals surface area contributed by atoms with Crippen molar-refractivity contribution in [2.24, 2.45) is 0 Å². The quantitative estimate of drug-likeness (QED) is 0.851. The van der Waals surface area contributed by atoms with E-state index in [1.54, 1.807) is 34.5 Å². The predicted molar refractivity (Wildman–Crippen MR) is 96.7 cm³/mol. The van der Waals surface area contributed by atoms with Crippen LogP contribution in [0.4, 0.5) is 0 Å². The number of benzene rings is 2. The van der Waals surface area contributed by atoms with E-state index in [9.17, 15) is 10.2 Å². The van der Waals surface area contributed by atoms with Gasteiger partial charge in [-0.2, -0.15) is 0 Å². The van der Waals surface area contributed by atoms with E-state index in [0.717, 1.165) is 16.7 Å². The number of aliphatic hydroxyl groups excluding tert-OH is 2. The smallest absolute Gasteiger partial charge is 0.161 e. The molecule has 1 aliphatic rings. The molecule has 3 unspecified atom stereocenters. The second-order valence-corrected chi connectivity index (χ2v) is 6.26. The second kappa shape index (κ2) is 7.43. The molecule has 0 radical (unpaired) electrons. The Labute approximate surface area is 152 Å². The van der Waals surface area contributed by atoms with Crippen LogP contribution in [-0.2, 0) is 6.42 Å². The molecular weight excluding hydrogens is 336 g/mol. The SMILES string of the molecule is COc1ccc(C2c3cc(OC)c(OC)cc3CC(O)C2O)cc1OC. The molecule has 0 aliphatic heterocycles. The summed E-state index contributed by atoms with van der Waals surface area (Å²) in [5.74, 6) is 1.93. The van der Waals surface area contributed by atoms with Gasteiger partial charge in [0.2, 0.25) is 0 Å². The van der Waals surface area contributed by atoms with Crippen molar-refractivity contribution in [2.45, 2.75) is 24.5 Å². The average molecular weight is 360 g/mol. The lowest BCUT2D eigenvalue weighted by Gasteiger charge is -2.35. The van der Waals surface area contributed by atoms with Gasteiger partial charge in [0.15, 0.2) is 23.0 Å². The third kappa shape index (κ3) is 3.06. The Hall–Kier alpha value is -2.44. The van der Waals surface area contributed by atoms with Crippen LogP contribution in [-0.4, -0.2) is 50.9 Å². The summed E-state index contributed by atoms with van der Waals surface area (Å²) < 4.78 is 21.5. The molecule has 2 aromatic rings. The summed E-state index contributed by atoms with van der Waals surface area (Å²) in [5.41, 5.74) is 2.63. The van der Waals surface area contributed by atoms with Crippen LogP contribution in [0.3, 0.4) is 0 Å². The van der Waals surface area contributed by atoms with E-state index < -0.39 is 18.1 Å². The van der Waals surface area contributed by atoms with Crippen LogP contribution in [0.2, 0.25) is 0 Å². The van der Waals surface area contributed by atoms with Gasteiger partial charge in [0.25, 0.3) is 0 Å². The summed E-state index contributed by atoms with van der Waals surface area (Å²) in [6, 6.07) is 9.21. The Kier molecular flexibility index (Phi) is 5.25. The molecule has 0 bridgehead atoms. The highest BCUT2D eigenvalue weighted by atomic mass is 16.5. The average Bonchev–Trinajstić information content (AvgIpc) is 2.67. The normalized spacial score (nSPS) is 21.7. The Bertz CT molecular complexity index is 788. The maximum absolute atomic E-state index is 10.7. The van der Waals surface area contributed by atoms with Gasteiger partial charge in [0, 0.05) is 12.3 Å². The molecule has 0 saturated carbocycles. The van der Waals surface area contributed by atoms with Gasteiger partial charge in [-0.05, 0) is 41.0 Å². The molecule has 1 aliphatic carbocycles. The third-order valence-electron chi connectivity index (χ3n) is 4.91. The number of fused-ring (bicyclic) bond motifs is 1. The molecule has 6 heteroatoms. The zero-order valence-corrected chi connectivity index (χ0v) is 15.4. The first-order chi connectivity index (χ1) is 12.5. The molecule has 0 fully saturated rings. The Morgan fingerprint density at radius 2 is 1.35 bits per heavy atom. The van der Waals surface area contributed by atoms with Crippen molar-refractivity contribution in [3.05, 3.63) is 47.0 Å². The van der Waals surface area contributed by atoms with E-state index in [0.29, 0.717) is 29.4 Å². The number of rotatable bonds is 5. The summed E-state index contributed by atoms with van der Waals surface area (Å²) in [4.78, 5) is 0. The molecule has 0 saturated heterocycles. The van der Waals surface area contributed by atoms with E-state index in [-0.39, 0.29) is 0 Å². The fourth-order valence-corrected chi connectivity index (χ4v) is 3.58. The van der Waals surface area contributed by atoms with Gasteiger partial charge in [0.1, 0.15) is 0 Å². The topological polar surface area (TPSA) is 77.4 Å². The highest BCUT2D eigenvalue weighted by Gasteiger charge is 2.37. The predicted octanol–water partition coefficient (Wildman–Crippen LogP) is 2.13. The molecule has 140 valence electrons. The maximum Gasteiger partial charge on any atom is 0.161 e. The van der Waals surface area contributed by atoms with Crippen molar-refractivity contribution in [1.82, 2.24) is 0 Å². The number of methoxy groups -OCH3 is 4. The maximum atomic E-state index is 10.7. The Morgan fingerprint density at radius 3 is 1.96 bits per heavy atom. The fourth-order valence-electron chi connectivity index (χ4n) is 3.58. The van der Waals surface area contributed by atoms with Crippen LogP contribution < -0.4 is 18.9 Å². The van der Waals surface area contributed by atoms with E-state index in [4.69, 9.17) is 18.9 Å². The highest BCUT2D eigenvalue weighted by molar-refractivity contribution is 5.54. The van der Waals surface area contributed by atoms with Gasteiger partial charge in [0.05, 0.1) is 40.6 Å². The van der Waals surface area contributed by atoms with Crippen LogP contribution in [0, 0.1) is 0 Å². The molecule has 3 rings (SSSR count). The monoisotopic (exact) mass is 360 g/mol. The van der Waals surface area contributed by atoms with Crippen molar-refractivity contribution < 1.29 is 29.2 Å². The molecule has 0 aromatic heterocycles. The highest BCUT2D eigenvalue weighted by Crippen LogP contribution is 2.43. The first kappa shape index (κ1) is 18.4. The summed E-state index contributed by atoms with van der Waals surface area (Å²) in [6.07, 6.45) is -1.47. The molecule has 26 heavy (non-hydrogen) atoms. The lowest BCUT2D eigenvalue weighted by Crippen LogP contribution is -2.39. The van der Waals surface area contributed by atoms with Crippen LogP contribution in [0.5, 0.6) is 23.0 Å². The minimum Gasteiger partial charge on any atom is -0.493 e. The molecule has 6 nitrogen and oxygen atoms in total. The van der Waals surface area contributed by atoms with Crippen molar-refractivity contribution >= 4 is 0 Å². The minimum atomic E-state index is -0.946. The van der Waals surface area contributed by atoms with E-state index in [1.165, 1.54) is 0 Å². The first-order valence-electron chi connectivity index (χ1n) is 8.36. The zero-order valence-electron chi connectivity index (χ0n) is 15.4. The summed E-state index contributed by atoms with van der Waals surface area (Å²) in [7, 11) is 6.28. The van der Waals surface area contributed by atoms with E-state index >= 15 is 0 Å². The Balaban J connectivity index is 2.15. The Morgan fingerprint density at radius 1 is 0.769 bits per heavy atom. The number of aliphatic hydroxyl groups is 2. The number of hydrogen-bond donors (Lipinski definition) is 2. The minimum absolute atomic E-state index is 0.348. The lowest BCUT2D eigenvalue weighted by molar-refractivity contribution is 0.00316. The van der Waals surface area contributed by atoms with Gasteiger partial charge >= 0.3 is 0 Å². The van der Waals surface area contributed by atoms with Gasteiger partial charge in [-0.3, -0.25) is 0 Å². The first-order valence-corrected chi connectivity index (χ1v) is 8.36. The summed E-state index contributed by atoms with van der Waals surface area (Å²) in [6.45, 7) is 0. The summed E-state index contributed by atoms with van der Waals surface area (Å²) in [5, 5.41) is 21.1. The molecule has 0 heterocycles. The van der Waals surface area contributed by atoms with Gasteiger partial charge in [-0.25, -0.2) is 0 Å². The molecule has 2 aromatic carbocycles. The van der Waals surface area contributed by atoms with Crippen LogP contribution >= 0.6 is 0 Å². The lowest BCUT2D eigenvalue weighted by atomic mass is 9.75. The molecular formula is C20H24O6. The summed E-state index contributed by atoms with van der Waals surface area (Å²) >= 11 is 0. The van der Waals surface area contributed by atoms with Crippen molar-refractivity contribution in [2.75, 3.05) is 28.4 Å². The largest absolute Gasteiger partial charge is 0.493 e. The molecule has 3 atom stereocenters. The molecule has 0 amide bonds. The van der Waals surface area contributed by atoms with Crippen molar-refractivity contribution in [3.8, 4) is 23.0 Å². The van der Waals surface area contributed by atoms with E-state index in [2.05, 4.69) is 0 Å². The van der Waals surface area contributed by atoms with Gasteiger partial charge < -0.3 is 29.2 Å². The number of hydrogen-bond acceptors (Lipinski definition) is 6. The molecule has 2 N–H and O–H groups in total. The standard InChI is InChI=1S/C20H24O6/c1-23-15-6-5-11(8-16(15)24-2)19-13-10-18(26-4)17(25-3)9-12(13)7-14(21)20(19)22/h5-6,8-10,14,19-22H,7H2,1-4H3. The van der Waals surface area contributed by atoms with E-state index in [1.807, 2.05) is 24.3 Å². The fraction of sp³-hybridized carbons (Fsp3) is 0.400. The van der Waals surface area contributed by atoms with Crippen molar-refractivity contribution in [3.63, 3.8) is 0 Å². The van der Waals surface area contributed by atoms with Crippen LogP contribution in [0.15, 0.2) is 30.3 Å². The number of ether oxygens (including phenoxy) is 4. The molecule has 0 spiro atoms. The van der Waals surface area contributed by atoms with Crippen LogP contribution in [0.25, 0.3) is 0 Å². The van der Waals surface area contributed by atoms with Gasteiger partial charge in [-0.1, -0.05) is 6.07 Å².